The number of nitrogens with two attached hydrogens (primary N) is 1. The summed E-state index contributed by atoms with van der Waals surface area (Å²) in [6.45, 7) is 0. The van der Waals surface area contributed by atoms with E-state index >= 15 is 0 Å². The maximum Gasteiger partial charge on any atom is 0.114 e. The fourth-order valence-electron chi connectivity index (χ4n) is 2.35. The van der Waals surface area contributed by atoms with Crippen molar-refractivity contribution in [3.63, 3.8) is 0 Å². The average Bonchev–Trinajstić information content (AvgIpc) is 2.81. The van der Waals surface area contributed by atoms with Gasteiger partial charge in [-0.1, -0.05) is 28.1 Å². The van der Waals surface area contributed by atoms with Gasteiger partial charge in [0.05, 0.1) is 11.7 Å². The number of halogens is 1. The van der Waals surface area contributed by atoms with Crippen molar-refractivity contribution in [1.82, 2.24) is 4.98 Å². The number of thiazole rings is 1. The molecule has 1 unspecified atom stereocenters. The Morgan fingerprint density at radius 1 is 1.28 bits per heavy atom. The first-order valence-corrected chi connectivity index (χ1v) is 7.84. The summed E-state index contributed by atoms with van der Waals surface area (Å²) in [5.74, 6) is 0. The van der Waals surface area contributed by atoms with Crippen LogP contribution in [0.3, 0.4) is 0 Å². The lowest BCUT2D eigenvalue weighted by Gasteiger charge is -2.08. The summed E-state index contributed by atoms with van der Waals surface area (Å²) in [4.78, 5) is 6.18. The Kier molecular flexibility index (Phi) is 3.50. The minimum atomic E-state index is -0.0990. The Bertz CT molecular complexity index is 541. The third kappa shape index (κ3) is 2.37. The van der Waals surface area contributed by atoms with Crippen LogP contribution in [0.25, 0.3) is 0 Å². The molecule has 1 atom stereocenters. The van der Waals surface area contributed by atoms with Crippen LogP contribution in [0.2, 0.25) is 0 Å². The van der Waals surface area contributed by atoms with Crippen molar-refractivity contribution in [3.8, 4) is 0 Å². The molecule has 1 aliphatic carbocycles. The van der Waals surface area contributed by atoms with Crippen LogP contribution in [-0.2, 0) is 12.8 Å². The quantitative estimate of drug-likeness (QED) is 0.912. The lowest BCUT2D eigenvalue weighted by molar-refractivity contribution is 0.678. The Hall–Kier alpha value is -0.710. The lowest BCUT2D eigenvalue weighted by Crippen LogP contribution is -2.11. The third-order valence-electron chi connectivity index (χ3n) is 3.34. The van der Waals surface area contributed by atoms with E-state index in [2.05, 4.69) is 28.1 Å². The number of aryl methyl sites for hydroxylation is 2. The normalized spacial score (nSPS) is 16.3. The molecule has 0 radical (unpaired) electrons. The molecule has 4 heteroatoms. The zero-order valence-electron chi connectivity index (χ0n) is 10.0. The van der Waals surface area contributed by atoms with Gasteiger partial charge < -0.3 is 5.73 Å². The van der Waals surface area contributed by atoms with Crippen molar-refractivity contribution in [3.05, 3.63) is 49.9 Å². The van der Waals surface area contributed by atoms with Crippen molar-refractivity contribution in [1.29, 1.82) is 0 Å². The average molecular weight is 323 g/mol. The molecule has 1 heterocycles. The molecule has 1 aromatic heterocycles. The van der Waals surface area contributed by atoms with Crippen molar-refractivity contribution in [2.75, 3.05) is 0 Å². The monoisotopic (exact) mass is 322 g/mol. The van der Waals surface area contributed by atoms with Gasteiger partial charge >= 0.3 is 0 Å². The van der Waals surface area contributed by atoms with E-state index < -0.39 is 0 Å². The van der Waals surface area contributed by atoms with Crippen molar-refractivity contribution >= 4 is 27.3 Å². The van der Waals surface area contributed by atoms with Gasteiger partial charge in [0, 0.05) is 9.35 Å². The molecule has 94 valence electrons. The second-order valence-corrected chi connectivity index (χ2v) is 6.69. The Morgan fingerprint density at radius 2 is 2.11 bits per heavy atom. The summed E-state index contributed by atoms with van der Waals surface area (Å²) in [5, 5.41) is 1.06. The molecule has 0 aliphatic heterocycles. The fraction of sp³-hybridized carbons (Fsp3) is 0.357. The molecule has 0 saturated carbocycles. The largest absolute Gasteiger partial charge is 0.318 e. The zero-order valence-corrected chi connectivity index (χ0v) is 12.4. The first-order chi connectivity index (χ1) is 8.74. The minimum Gasteiger partial charge on any atom is -0.318 e. The molecule has 2 N–H and O–H groups in total. The number of hydrogen-bond acceptors (Lipinski definition) is 3. The highest BCUT2D eigenvalue weighted by Gasteiger charge is 2.19. The number of nitrogens with zero attached hydrogens (tertiary/aromatic N) is 1. The van der Waals surface area contributed by atoms with Crippen LogP contribution in [-0.4, -0.2) is 4.98 Å². The van der Waals surface area contributed by atoms with Crippen LogP contribution in [0.4, 0.5) is 0 Å². The van der Waals surface area contributed by atoms with E-state index in [9.17, 15) is 0 Å². The van der Waals surface area contributed by atoms with Crippen molar-refractivity contribution in [2.24, 2.45) is 5.73 Å². The molecular weight excluding hydrogens is 308 g/mol. The minimum absolute atomic E-state index is 0.0990. The van der Waals surface area contributed by atoms with Gasteiger partial charge in [-0.15, -0.1) is 11.3 Å². The van der Waals surface area contributed by atoms with Crippen molar-refractivity contribution < 1.29 is 0 Å². The summed E-state index contributed by atoms with van der Waals surface area (Å²) in [6, 6.07) is 8.08. The molecule has 3 rings (SSSR count). The van der Waals surface area contributed by atoms with Gasteiger partial charge in [-0.05, 0) is 43.4 Å². The van der Waals surface area contributed by atoms with E-state index in [-0.39, 0.29) is 6.04 Å². The maximum atomic E-state index is 6.32. The summed E-state index contributed by atoms with van der Waals surface area (Å²) in [7, 11) is 0. The smallest absolute Gasteiger partial charge is 0.114 e. The number of benzene rings is 1. The molecule has 1 aromatic carbocycles. The van der Waals surface area contributed by atoms with Crippen LogP contribution >= 0.6 is 27.3 Å². The van der Waals surface area contributed by atoms with E-state index in [1.807, 2.05) is 12.1 Å². The first kappa shape index (κ1) is 12.3. The Labute approximate surface area is 119 Å². The van der Waals surface area contributed by atoms with Gasteiger partial charge in [-0.25, -0.2) is 4.98 Å². The number of aromatic nitrogens is 1. The van der Waals surface area contributed by atoms with Gasteiger partial charge in [0.15, 0.2) is 0 Å². The second kappa shape index (κ2) is 5.11. The predicted octanol–water partition coefficient (Wildman–Crippen LogP) is 3.83. The van der Waals surface area contributed by atoms with Crippen LogP contribution in [0.5, 0.6) is 0 Å². The SMILES string of the molecule is NC(c1cccc(Br)c1)c1nc2c(s1)CCCC2. The fourth-order valence-corrected chi connectivity index (χ4v) is 3.95. The van der Waals surface area contributed by atoms with E-state index in [0.717, 1.165) is 21.5 Å². The highest BCUT2D eigenvalue weighted by atomic mass is 79.9. The third-order valence-corrected chi connectivity index (χ3v) is 5.07. The van der Waals surface area contributed by atoms with Gasteiger partial charge in [0.2, 0.25) is 0 Å². The van der Waals surface area contributed by atoms with Crippen LogP contribution in [0.1, 0.15) is 40.0 Å². The molecular formula is C14H15BrN2S. The van der Waals surface area contributed by atoms with Crippen LogP contribution in [0, 0.1) is 0 Å². The number of hydrogen-bond donors (Lipinski definition) is 1. The van der Waals surface area contributed by atoms with E-state index in [1.165, 1.54) is 29.8 Å². The molecule has 2 nitrogen and oxygen atoms in total. The molecule has 1 aliphatic rings. The van der Waals surface area contributed by atoms with Crippen molar-refractivity contribution in [2.45, 2.75) is 31.7 Å². The van der Waals surface area contributed by atoms with Crippen LogP contribution < -0.4 is 5.73 Å². The maximum absolute atomic E-state index is 6.32. The molecule has 0 fully saturated rings. The molecule has 18 heavy (non-hydrogen) atoms. The van der Waals surface area contributed by atoms with E-state index in [0.29, 0.717) is 0 Å². The standard InChI is InChI=1S/C14H15BrN2S/c15-10-5-3-4-9(8-10)13(16)14-17-11-6-1-2-7-12(11)18-14/h3-5,8,13H,1-2,6-7,16H2. The predicted molar refractivity (Wildman–Crippen MR) is 78.9 cm³/mol. The van der Waals surface area contributed by atoms with E-state index in [1.54, 1.807) is 11.3 Å². The summed E-state index contributed by atoms with van der Waals surface area (Å²) >= 11 is 5.28. The molecule has 0 bridgehead atoms. The Morgan fingerprint density at radius 3 is 2.89 bits per heavy atom. The van der Waals surface area contributed by atoms with E-state index in [4.69, 9.17) is 10.7 Å². The zero-order chi connectivity index (χ0) is 12.5. The highest BCUT2D eigenvalue weighted by Crippen LogP contribution is 2.31. The second-order valence-electron chi connectivity index (χ2n) is 4.66. The topological polar surface area (TPSA) is 38.9 Å². The number of fused-ring (bicyclic) bond motifs is 1. The van der Waals surface area contributed by atoms with Gasteiger partial charge in [-0.2, -0.15) is 0 Å². The summed E-state index contributed by atoms with van der Waals surface area (Å²) in [6.07, 6.45) is 4.86. The molecule has 2 aromatic rings. The lowest BCUT2D eigenvalue weighted by atomic mass is 10.0. The van der Waals surface area contributed by atoms with Gasteiger partial charge in [-0.3, -0.25) is 0 Å². The summed E-state index contributed by atoms with van der Waals surface area (Å²) in [5.41, 5.74) is 8.73. The highest BCUT2D eigenvalue weighted by molar-refractivity contribution is 9.10. The summed E-state index contributed by atoms with van der Waals surface area (Å²) < 4.78 is 1.07. The molecule has 0 amide bonds. The molecule has 0 spiro atoms. The van der Waals surface area contributed by atoms with Crippen LogP contribution in [0.15, 0.2) is 28.7 Å². The Balaban J connectivity index is 1.92. The van der Waals surface area contributed by atoms with Gasteiger partial charge in [0.25, 0.3) is 0 Å². The first-order valence-electron chi connectivity index (χ1n) is 6.23. The number of rotatable bonds is 2. The van der Waals surface area contributed by atoms with Gasteiger partial charge in [0.1, 0.15) is 5.01 Å². The molecule has 0 saturated heterocycles.